The van der Waals surface area contributed by atoms with Crippen LogP contribution in [0.1, 0.15) is 27.0 Å². The van der Waals surface area contributed by atoms with E-state index < -0.39 is 17.6 Å². The zero-order valence-electron chi connectivity index (χ0n) is 13.5. The summed E-state index contributed by atoms with van der Waals surface area (Å²) < 4.78 is 38.0. The van der Waals surface area contributed by atoms with Crippen molar-refractivity contribution in [2.24, 2.45) is 0 Å². The Balaban J connectivity index is 1.98. The molecule has 0 heterocycles. The minimum Gasteiger partial charge on any atom is -0.348 e. The summed E-state index contributed by atoms with van der Waals surface area (Å²) in [5.41, 5.74) is 1.20. The van der Waals surface area contributed by atoms with E-state index in [1.54, 1.807) is 0 Å². The standard InChI is InChI=1S/C18H19F3N2O/c1-23(2)12-14-8-6-13(7-9-14)11-22-17(24)15-4-3-5-16(10-15)18(19,20)21/h3-10H,11-12H2,1-2H3,(H,22,24). The first-order chi connectivity index (χ1) is 11.3. The Bertz CT molecular complexity index is 694. The molecule has 1 N–H and O–H groups in total. The van der Waals surface area contributed by atoms with E-state index in [0.29, 0.717) is 0 Å². The number of halogens is 3. The summed E-state index contributed by atoms with van der Waals surface area (Å²) in [5, 5.41) is 2.64. The number of hydrogen-bond acceptors (Lipinski definition) is 2. The second-order valence-corrected chi connectivity index (χ2v) is 5.82. The number of benzene rings is 2. The van der Waals surface area contributed by atoms with E-state index in [4.69, 9.17) is 0 Å². The van der Waals surface area contributed by atoms with Crippen LogP contribution in [-0.2, 0) is 19.3 Å². The number of hydrogen-bond donors (Lipinski definition) is 1. The minimum atomic E-state index is -4.46. The van der Waals surface area contributed by atoms with Gasteiger partial charge in [0.2, 0.25) is 0 Å². The lowest BCUT2D eigenvalue weighted by Gasteiger charge is -2.11. The second kappa shape index (κ2) is 7.49. The van der Waals surface area contributed by atoms with Crippen LogP contribution < -0.4 is 5.32 Å². The SMILES string of the molecule is CN(C)Cc1ccc(CNC(=O)c2cccc(C(F)(F)F)c2)cc1. The van der Waals surface area contributed by atoms with Crippen LogP contribution in [0.2, 0.25) is 0 Å². The molecule has 0 unspecified atom stereocenters. The third-order valence-corrected chi connectivity index (χ3v) is 3.43. The number of alkyl halides is 3. The van der Waals surface area contributed by atoms with Crippen LogP contribution in [0.4, 0.5) is 13.2 Å². The first kappa shape index (κ1) is 18.0. The molecule has 0 atom stereocenters. The Hall–Kier alpha value is -2.34. The highest BCUT2D eigenvalue weighted by molar-refractivity contribution is 5.94. The predicted molar refractivity (Wildman–Crippen MR) is 86.4 cm³/mol. The first-order valence-corrected chi connectivity index (χ1v) is 7.44. The van der Waals surface area contributed by atoms with Crippen LogP contribution >= 0.6 is 0 Å². The van der Waals surface area contributed by atoms with E-state index >= 15 is 0 Å². The number of nitrogens with zero attached hydrogens (tertiary/aromatic N) is 1. The third kappa shape index (κ3) is 5.09. The van der Waals surface area contributed by atoms with E-state index in [9.17, 15) is 18.0 Å². The maximum atomic E-state index is 12.7. The molecule has 0 bridgehead atoms. The molecule has 24 heavy (non-hydrogen) atoms. The molecule has 0 saturated heterocycles. The van der Waals surface area contributed by atoms with E-state index in [0.717, 1.165) is 29.8 Å². The van der Waals surface area contributed by atoms with Crippen LogP contribution in [0.3, 0.4) is 0 Å². The summed E-state index contributed by atoms with van der Waals surface area (Å²) in [7, 11) is 3.95. The first-order valence-electron chi connectivity index (χ1n) is 7.44. The topological polar surface area (TPSA) is 32.3 Å². The molecule has 3 nitrogen and oxygen atoms in total. The second-order valence-electron chi connectivity index (χ2n) is 5.82. The molecule has 1 amide bonds. The molecule has 0 aliphatic rings. The molecule has 128 valence electrons. The van der Waals surface area contributed by atoms with Crippen LogP contribution in [0.15, 0.2) is 48.5 Å². The molecule has 0 radical (unpaired) electrons. The van der Waals surface area contributed by atoms with Crippen molar-refractivity contribution in [1.82, 2.24) is 10.2 Å². The largest absolute Gasteiger partial charge is 0.416 e. The molecular weight excluding hydrogens is 317 g/mol. The lowest BCUT2D eigenvalue weighted by molar-refractivity contribution is -0.137. The van der Waals surface area contributed by atoms with Gasteiger partial charge in [0.1, 0.15) is 0 Å². The maximum Gasteiger partial charge on any atom is 0.416 e. The lowest BCUT2D eigenvalue weighted by atomic mass is 10.1. The summed E-state index contributed by atoms with van der Waals surface area (Å²) in [5.74, 6) is -0.529. The number of carbonyl (C=O) groups is 1. The van der Waals surface area contributed by atoms with Gasteiger partial charge in [-0.15, -0.1) is 0 Å². The molecule has 0 aliphatic heterocycles. The normalized spacial score (nSPS) is 11.6. The van der Waals surface area contributed by atoms with Gasteiger partial charge >= 0.3 is 6.18 Å². The van der Waals surface area contributed by atoms with Gasteiger partial charge in [0, 0.05) is 18.7 Å². The Morgan fingerprint density at radius 3 is 2.25 bits per heavy atom. The van der Waals surface area contributed by atoms with Crippen molar-refractivity contribution in [3.05, 3.63) is 70.8 Å². The molecule has 0 aliphatic carbocycles. The lowest BCUT2D eigenvalue weighted by Crippen LogP contribution is -2.23. The molecular formula is C18H19F3N2O. The van der Waals surface area contributed by atoms with Crippen molar-refractivity contribution in [3.63, 3.8) is 0 Å². The zero-order chi connectivity index (χ0) is 17.7. The van der Waals surface area contributed by atoms with Gasteiger partial charge < -0.3 is 10.2 Å². The van der Waals surface area contributed by atoms with Crippen LogP contribution in [0.25, 0.3) is 0 Å². The molecule has 2 aromatic rings. The molecule has 2 aromatic carbocycles. The summed E-state index contributed by atoms with van der Waals surface area (Å²) in [6, 6.07) is 12.1. The van der Waals surface area contributed by atoms with E-state index in [1.165, 1.54) is 12.1 Å². The van der Waals surface area contributed by atoms with Gasteiger partial charge in [-0.1, -0.05) is 30.3 Å². The highest BCUT2D eigenvalue weighted by atomic mass is 19.4. The van der Waals surface area contributed by atoms with Gasteiger partial charge in [-0.05, 0) is 43.4 Å². The number of amides is 1. The van der Waals surface area contributed by atoms with E-state index in [2.05, 4.69) is 5.32 Å². The summed E-state index contributed by atoms with van der Waals surface area (Å²) in [6.07, 6.45) is -4.46. The maximum absolute atomic E-state index is 12.7. The van der Waals surface area contributed by atoms with Gasteiger partial charge in [0.25, 0.3) is 5.91 Å². The van der Waals surface area contributed by atoms with Gasteiger partial charge in [-0.3, -0.25) is 4.79 Å². The van der Waals surface area contributed by atoms with E-state index in [1.807, 2.05) is 43.3 Å². The Morgan fingerprint density at radius 2 is 1.67 bits per heavy atom. The zero-order valence-corrected chi connectivity index (χ0v) is 13.5. The van der Waals surface area contributed by atoms with Gasteiger partial charge in [0.15, 0.2) is 0 Å². The highest BCUT2D eigenvalue weighted by Crippen LogP contribution is 2.29. The molecule has 6 heteroatoms. The van der Waals surface area contributed by atoms with Crippen LogP contribution in [-0.4, -0.2) is 24.9 Å². The predicted octanol–water partition coefficient (Wildman–Crippen LogP) is 3.70. The van der Waals surface area contributed by atoms with Crippen molar-refractivity contribution in [1.29, 1.82) is 0 Å². The Kier molecular flexibility index (Phi) is 5.62. The average Bonchev–Trinajstić information content (AvgIpc) is 2.53. The molecule has 2 rings (SSSR count). The number of nitrogens with one attached hydrogen (secondary N) is 1. The quantitative estimate of drug-likeness (QED) is 0.903. The van der Waals surface area contributed by atoms with Crippen molar-refractivity contribution >= 4 is 5.91 Å². The minimum absolute atomic E-state index is 0.00551. The molecule has 0 saturated carbocycles. The molecule has 0 aromatic heterocycles. The van der Waals surface area contributed by atoms with Crippen molar-refractivity contribution in [2.45, 2.75) is 19.3 Å². The van der Waals surface area contributed by atoms with Crippen molar-refractivity contribution in [3.8, 4) is 0 Å². The summed E-state index contributed by atoms with van der Waals surface area (Å²) >= 11 is 0. The molecule has 0 spiro atoms. The Labute approximate surface area is 139 Å². The van der Waals surface area contributed by atoms with Crippen LogP contribution in [0, 0.1) is 0 Å². The van der Waals surface area contributed by atoms with E-state index in [-0.39, 0.29) is 12.1 Å². The summed E-state index contributed by atoms with van der Waals surface area (Å²) in [6.45, 7) is 1.08. The van der Waals surface area contributed by atoms with Gasteiger partial charge in [-0.2, -0.15) is 13.2 Å². The monoisotopic (exact) mass is 336 g/mol. The van der Waals surface area contributed by atoms with Crippen LogP contribution in [0.5, 0.6) is 0 Å². The third-order valence-electron chi connectivity index (χ3n) is 3.43. The van der Waals surface area contributed by atoms with Gasteiger partial charge in [-0.25, -0.2) is 0 Å². The number of carbonyl (C=O) groups excluding carboxylic acids is 1. The fourth-order valence-corrected chi connectivity index (χ4v) is 2.25. The Morgan fingerprint density at radius 1 is 1.04 bits per heavy atom. The van der Waals surface area contributed by atoms with Crippen molar-refractivity contribution < 1.29 is 18.0 Å². The number of rotatable bonds is 5. The van der Waals surface area contributed by atoms with Gasteiger partial charge in [0.05, 0.1) is 5.56 Å². The smallest absolute Gasteiger partial charge is 0.348 e. The highest BCUT2D eigenvalue weighted by Gasteiger charge is 2.30. The van der Waals surface area contributed by atoms with Crippen molar-refractivity contribution in [2.75, 3.05) is 14.1 Å². The summed E-state index contributed by atoms with van der Waals surface area (Å²) in [4.78, 5) is 14.1. The molecule has 0 fully saturated rings. The fraction of sp³-hybridized carbons (Fsp3) is 0.278. The average molecular weight is 336 g/mol. The fourth-order valence-electron chi connectivity index (χ4n) is 2.25.